The summed E-state index contributed by atoms with van der Waals surface area (Å²) in [6.07, 6.45) is 1.47. The Morgan fingerprint density at radius 1 is 0.727 bits per heavy atom. The van der Waals surface area contributed by atoms with Gasteiger partial charge >= 0.3 is 0 Å². The molecule has 0 bridgehead atoms. The van der Waals surface area contributed by atoms with Crippen LogP contribution in [0, 0.1) is 0 Å². The minimum Gasteiger partial charge on any atom is -0.294 e. The standard InChI is InChI=1S/C19H12OS2/c20-14-10-9-12-11-5-1-3-7-15(11)21-18(12)19-17(14)13-6-2-4-8-16(13)22-19/h1-8H,9-10H2. The molecule has 106 valence electrons. The topological polar surface area (TPSA) is 17.1 Å². The van der Waals surface area contributed by atoms with Crippen LogP contribution in [-0.4, -0.2) is 5.78 Å². The van der Waals surface area contributed by atoms with Crippen molar-refractivity contribution >= 4 is 48.6 Å². The number of ketones is 1. The number of hydrogen-bond donors (Lipinski definition) is 0. The molecule has 0 unspecified atom stereocenters. The van der Waals surface area contributed by atoms with Crippen molar-refractivity contribution in [2.75, 3.05) is 0 Å². The maximum Gasteiger partial charge on any atom is 0.165 e. The fraction of sp³-hybridized carbons (Fsp3) is 0.105. The first kappa shape index (κ1) is 12.6. The van der Waals surface area contributed by atoms with Gasteiger partial charge in [-0.1, -0.05) is 36.4 Å². The van der Waals surface area contributed by atoms with E-state index in [1.54, 1.807) is 11.3 Å². The monoisotopic (exact) mass is 320 g/mol. The molecule has 0 radical (unpaired) electrons. The smallest absolute Gasteiger partial charge is 0.165 e. The van der Waals surface area contributed by atoms with Crippen LogP contribution in [0.25, 0.3) is 29.9 Å². The van der Waals surface area contributed by atoms with Crippen LogP contribution in [0.3, 0.4) is 0 Å². The van der Waals surface area contributed by atoms with Gasteiger partial charge in [-0.05, 0) is 29.5 Å². The van der Waals surface area contributed by atoms with Gasteiger partial charge < -0.3 is 0 Å². The number of aryl methyl sites for hydroxylation is 1. The Kier molecular flexibility index (Phi) is 2.58. The van der Waals surface area contributed by atoms with E-state index in [2.05, 4.69) is 42.5 Å². The lowest BCUT2D eigenvalue weighted by atomic mass is 10.0. The first-order chi connectivity index (χ1) is 10.8. The summed E-state index contributed by atoms with van der Waals surface area (Å²) in [5, 5.41) is 2.44. The highest BCUT2D eigenvalue weighted by Crippen LogP contribution is 2.48. The Morgan fingerprint density at radius 3 is 2.18 bits per heavy atom. The molecule has 4 aromatic rings. The lowest BCUT2D eigenvalue weighted by Crippen LogP contribution is -1.98. The molecule has 0 saturated carbocycles. The largest absolute Gasteiger partial charge is 0.294 e. The van der Waals surface area contributed by atoms with Crippen molar-refractivity contribution in [2.24, 2.45) is 0 Å². The van der Waals surface area contributed by atoms with Crippen molar-refractivity contribution in [2.45, 2.75) is 12.8 Å². The SMILES string of the molecule is O=C1CCc2c(sc3ccccc23)-c2sc3ccccc3c21. The van der Waals surface area contributed by atoms with Crippen LogP contribution in [0.4, 0.5) is 0 Å². The maximum absolute atomic E-state index is 12.7. The number of benzene rings is 2. The Bertz CT molecular complexity index is 1050. The van der Waals surface area contributed by atoms with Gasteiger partial charge in [0.2, 0.25) is 0 Å². The first-order valence-corrected chi connectivity index (χ1v) is 9.02. The third-order valence-corrected chi connectivity index (χ3v) is 6.93. The van der Waals surface area contributed by atoms with Crippen LogP contribution in [0.2, 0.25) is 0 Å². The average molecular weight is 320 g/mol. The number of fused-ring (bicyclic) bond motifs is 7. The normalized spacial score (nSPS) is 14.1. The molecular weight excluding hydrogens is 308 g/mol. The van der Waals surface area contributed by atoms with Crippen LogP contribution in [-0.2, 0) is 6.42 Å². The van der Waals surface area contributed by atoms with E-state index in [9.17, 15) is 4.79 Å². The quantitative estimate of drug-likeness (QED) is 0.393. The van der Waals surface area contributed by atoms with Gasteiger partial charge in [-0.3, -0.25) is 4.79 Å². The molecule has 3 heteroatoms. The highest BCUT2D eigenvalue weighted by Gasteiger charge is 2.27. The van der Waals surface area contributed by atoms with E-state index >= 15 is 0 Å². The third kappa shape index (κ3) is 1.61. The average Bonchev–Trinajstić information content (AvgIpc) is 3.07. The highest BCUT2D eigenvalue weighted by molar-refractivity contribution is 7.29. The predicted octanol–water partition coefficient (Wildman–Crippen LogP) is 5.91. The molecule has 5 rings (SSSR count). The maximum atomic E-state index is 12.7. The van der Waals surface area contributed by atoms with Gasteiger partial charge in [0.25, 0.3) is 0 Å². The second-order valence-corrected chi connectivity index (χ2v) is 7.74. The lowest BCUT2D eigenvalue weighted by Gasteiger charge is -1.98. The van der Waals surface area contributed by atoms with E-state index in [4.69, 9.17) is 0 Å². The van der Waals surface area contributed by atoms with Gasteiger partial charge in [-0.2, -0.15) is 0 Å². The van der Waals surface area contributed by atoms with Gasteiger partial charge in [0.05, 0.1) is 4.88 Å². The van der Waals surface area contributed by atoms with E-state index in [-0.39, 0.29) is 0 Å². The number of carbonyl (C=O) groups excluding carboxylic acids is 1. The van der Waals surface area contributed by atoms with Crippen molar-refractivity contribution < 1.29 is 4.79 Å². The van der Waals surface area contributed by atoms with Gasteiger partial charge in [0, 0.05) is 31.6 Å². The van der Waals surface area contributed by atoms with Crippen LogP contribution in [0.1, 0.15) is 22.3 Å². The van der Waals surface area contributed by atoms with Crippen molar-refractivity contribution in [1.29, 1.82) is 0 Å². The Morgan fingerprint density at radius 2 is 1.36 bits per heavy atom. The van der Waals surface area contributed by atoms with Gasteiger partial charge in [0.15, 0.2) is 5.78 Å². The van der Waals surface area contributed by atoms with Gasteiger partial charge in [0.1, 0.15) is 0 Å². The van der Waals surface area contributed by atoms with Crippen molar-refractivity contribution in [3.8, 4) is 9.75 Å². The van der Waals surface area contributed by atoms with Crippen molar-refractivity contribution in [3.05, 3.63) is 59.7 Å². The van der Waals surface area contributed by atoms with Crippen molar-refractivity contribution in [1.82, 2.24) is 0 Å². The van der Waals surface area contributed by atoms with Crippen LogP contribution in [0.15, 0.2) is 48.5 Å². The summed E-state index contributed by atoms with van der Waals surface area (Å²) in [6.45, 7) is 0. The summed E-state index contributed by atoms with van der Waals surface area (Å²) in [5.41, 5.74) is 2.31. The molecule has 0 saturated heterocycles. The third-order valence-electron chi connectivity index (χ3n) is 4.38. The van der Waals surface area contributed by atoms with Gasteiger partial charge in [-0.15, -0.1) is 22.7 Å². The minimum absolute atomic E-state index is 0.292. The molecule has 2 heterocycles. The van der Waals surface area contributed by atoms with Crippen LogP contribution >= 0.6 is 22.7 Å². The van der Waals surface area contributed by atoms with Crippen molar-refractivity contribution in [3.63, 3.8) is 0 Å². The van der Waals surface area contributed by atoms with Crippen LogP contribution in [0.5, 0.6) is 0 Å². The Labute approximate surface area is 135 Å². The summed E-state index contributed by atoms with van der Waals surface area (Å²) in [5.74, 6) is 0.292. The lowest BCUT2D eigenvalue weighted by molar-refractivity contribution is 0.0986. The Balaban J connectivity index is 1.94. The summed E-state index contributed by atoms with van der Waals surface area (Å²) < 4.78 is 2.54. The van der Waals surface area contributed by atoms with E-state index in [1.165, 1.54) is 30.1 Å². The molecule has 1 aliphatic rings. The second kappa shape index (κ2) is 4.51. The fourth-order valence-corrected chi connectivity index (χ4v) is 6.01. The first-order valence-electron chi connectivity index (χ1n) is 7.38. The molecular formula is C19H12OS2. The van der Waals surface area contributed by atoms with E-state index in [0.717, 1.165) is 17.4 Å². The number of rotatable bonds is 0. The molecule has 0 amide bonds. The summed E-state index contributed by atoms with van der Waals surface area (Å²) in [4.78, 5) is 15.2. The molecule has 0 fully saturated rings. The van der Waals surface area contributed by atoms with E-state index in [1.807, 2.05) is 17.4 Å². The predicted molar refractivity (Wildman–Crippen MR) is 95.3 cm³/mol. The molecule has 0 atom stereocenters. The second-order valence-electron chi connectivity index (χ2n) is 5.63. The minimum atomic E-state index is 0.292. The molecule has 1 nitrogen and oxygen atoms in total. The number of Topliss-reactive ketones (excluding diaryl/α,β-unsaturated/α-hetero) is 1. The summed E-state index contributed by atoms with van der Waals surface area (Å²) >= 11 is 3.60. The molecule has 2 aromatic heterocycles. The Hall–Kier alpha value is -1.97. The highest BCUT2D eigenvalue weighted by atomic mass is 32.1. The molecule has 22 heavy (non-hydrogen) atoms. The van der Waals surface area contributed by atoms with Crippen LogP contribution < -0.4 is 0 Å². The zero-order valence-electron chi connectivity index (χ0n) is 11.8. The number of hydrogen-bond acceptors (Lipinski definition) is 3. The molecule has 1 aliphatic carbocycles. The van der Waals surface area contributed by atoms with E-state index in [0.29, 0.717) is 12.2 Å². The van der Waals surface area contributed by atoms with Gasteiger partial charge in [-0.25, -0.2) is 0 Å². The summed E-state index contributed by atoms with van der Waals surface area (Å²) in [7, 11) is 0. The molecule has 0 N–H and O–H groups in total. The molecule has 0 aliphatic heterocycles. The molecule has 2 aromatic carbocycles. The molecule has 0 spiro atoms. The summed E-state index contributed by atoms with van der Waals surface area (Å²) in [6, 6.07) is 16.8. The number of carbonyl (C=O) groups is 1. The zero-order valence-corrected chi connectivity index (χ0v) is 13.4. The fourth-order valence-electron chi connectivity index (χ4n) is 3.38. The van der Waals surface area contributed by atoms with E-state index < -0.39 is 0 Å². The zero-order chi connectivity index (χ0) is 14.7. The number of thiophene rings is 2.